The van der Waals surface area contributed by atoms with Gasteiger partial charge in [0.1, 0.15) is 22.9 Å². The van der Waals surface area contributed by atoms with Crippen LogP contribution in [0.2, 0.25) is 5.02 Å². The Morgan fingerprint density at radius 2 is 1.88 bits per heavy atom. The van der Waals surface area contributed by atoms with Crippen LogP contribution in [0.15, 0.2) is 64.6 Å². The quantitative estimate of drug-likeness (QED) is 0.270. The summed E-state index contributed by atoms with van der Waals surface area (Å²) in [6.07, 6.45) is 1.12. The van der Waals surface area contributed by atoms with Crippen LogP contribution in [-0.4, -0.2) is 22.8 Å². The Hall–Kier alpha value is -4.31. The first-order chi connectivity index (χ1) is 15.2. The van der Waals surface area contributed by atoms with E-state index >= 15 is 0 Å². The van der Waals surface area contributed by atoms with Gasteiger partial charge in [-0.05, 0) is 42.5 Å². The Balaban J connectivity index is 1.67. The van der Waals surface area contributed by atoms with Crippen LogP contribution < -0.4 is 10.2 Å². The van der Waals surface area contributed by atoms with Crippen molar-refractivity contribution in [1.82, 2.24) is 5.32 Å². The number of barbiturate groups is 1. The molecule has 32 heavy (non-hydrogen) atoms. The molecule has 160 valence electrons. The van der Waals surface area contributed by atoms with Crippen LogP contribution in [0.4, 0.5) is 20.6 Å². The molecule has 2 heterocycles. The van der Waals surface area contributed by atoms with Gasteiger partial charge in [-0.2, -0.15) is 0 Å². The van der Waals surface area contributed by atoms with Crippen molar-refractivity contribution < 1.29 is 28.1 Å². The molecule has 1 aliphatic rings. The minimum absolute atomic E-state index is 0.0521. The zero-order chi connectivity index (χ0) is 23.0. The Kier molecular flexibility index (Phi) is 5.29. The smallest absolute Gasteiger partial charge is 0.335 e. The van der Waals surface area contributed by atoms with Gasteiger partial charge in [0.15, 0.2) is 0 Å². The first-order valence-electron chi connectivity index (χ1n) is 8.96. The highest BCUT2D eigenvalue weighted by molar-refractivity contribution is 6.39. The van der Waals surface area contributed by atoms with Gasteiger partial charge in [0.25, 0.3) is 17.5 Å². The number of rotatable bonds is 4. The zero-order valence-corrected chi connectivity index (χ0v) is 16.6. The number of nitrogens with zero attached hydrogens (tertiary/aromatic N) is 2. The Morgan fingerprint density at radius 3 is 2.56 bits per heavy atom. The number of nitrogens with one attached hydrogen (secondary N) is 1. The van der Waals surface area contributed by atoms with E-state index in [-0.39, 0.29) is 27.9 Å². The Labute approximate surface area is 183 Å². The molecule has 1 fully saturated rings. The highest BCUT2D eigenvalue weighted by atomic mass is 35.5. The normalized spacial score (nSPS) is 15.2. The Bertz CT molecular complexity index is 1330. The lowest BCUT2D eigenvalue weighted by atomic mass is 10.1. The van der Waals surface area contributed by atoms with E-state index in [4.69, 9.17) is 16.0 Å². The fourth-order valence-corrected chi connectivity index (χ4v) is 3.31. The summed E-state index contributed by atoms with van der Waals surface area (Å²) in [6.45, 7) is 0. The predicted molar refractivity (Wildman–Crippen MR) is 111 cm³/mol. The SMILES string of the molecule is O=C1NC(=O)N(c2cccc(F)c2)C(=O)/C1=C/c1ccc(-c2ccc([N+](=O)[O-])cc2Cl)o1. The summed E-state index contributed by atoms with van der Waals surface area (Å²) in [7, 11) is 0. The number of halogens is 2. The minimum Gasteiger partial charge on any atom is -0.457 e. The van der Waals surface area contributed by atoms with Crippen molar-refractivity contribution in [3.05, 3.63) is 86.9 Å². The highest BCUT2D eigenvalue weighted by Gasteiger charge is 2.37. The summed E-state index contributed by atoms with van der Waals surface area (Å²) in [5, 5.41) is 12.9. The number of hydrogen-bond donors (Lipinski definition) is 1. The van der Waals surface area contributed by atoms with E-state index in [1.807, 2.05) is 5.32 Å². The molecule has 4 amide bonds. The summed E-state index contributed by atoms with van der Waals surface area (Å²) < 4.78 is 19.2. The van der Waals surface area contributed by atoms with E-state index in [0.29, 0.717) is 10.5 Å². The van der Waals surface area contributed by atoms with Gasteiger partial charge in [-0.1, -0.05) is 17.7 Å². The molecule has 0 atom stereocenters. The van der Waals surface area contributed by atoms with E-state index < -0.39 is 34.2 Å². The number of carbonyl (C=O) groups is 3. The molecule has 9 nitrogen and oxygen atoms in total. The molecule has 0 spiro atoms. The molecule has 0 saturated carbocycles. The van der Waals surface area contributed by atoms with Gasteiger partial charge in [-0.3, -0.25) is 25.0 Å². The second kappa shape index (κ2) is 8.08. The lowest BCUT2D eigenvalue weighted by molar-refractivity contribution is -0.384. The van der Waals surface area contributed by atoms with Crippen LogP contribution in [0.5, 0.6) is 0 Å². The number of imide groups is 2. The number of carbonyl (C=O) groups excluding carboxylic acids is 3. The maximum atomic E-state index is 13.5. The monoisotopic (exact) mass is 455 g/mol. The van der Waals surface area contributed by atoms with Crippen molar-refractivity contribution in [3.63, 3.8) is 0 Å². The molecule has 1 N–H and O–H groups in total. The number of anilines is 1. The number of amides is 4. The second-order valence-electron chi connectivity index (χ2n) is 6.56. The summed E-state index contributed by atoms with van der Waals surface area (Å²) in [6, 6.07) is 10.5. The molecule has 4 rings (SSSR count). The van der Waals surface area contributed by atoms with Crippen molar-refractivity contribution in [1.29, 1.82) is 0 Å². The average Bonchev–Trinajstić information content (AvgIpc) is 3.19. The summed E-state index contributed by atoms with van der Waals surface area (Å²) in [5.74, 6) is -2.25. The van der Waals surface area contributed by atoms with Gasteiger partial charge in [0.2, 0.25) is 0 Å². The number of nitro benzene ring substituents is 1. The topological polar surface area (TPSA) is 123 Å². The summed E-state index contributed by atoms with van der Waals surface area (Å²) in [4.78, 5) is 48.1. The van der Waals surface area contributed by atoms with Gasteiger partial charge in [-0.15, -0.1) is 0 Å². The lowest BCUT2D eigenvalue weighted by Crippen LogP contribution is -2.54. The molecular formula is C21H11ClFN3O6. The molecule has 11 heteroatoms. The molecule has 1 aromatic heterocycles. The summed E-state index contributed by atoms with van der Waals surface area (Å²) >= 11 is 6.10. The van der Waals surface area contributed by atoms with Crippen molar-refractivity contribution in [2.24, 2.45) is 0 Å². The van der Waals surface area contributed by atoms with E-state index in [2.05, 4.69) is 0 Å². The number of urea groups is 1. The molecule has 0 bridgehead atoms. The molecule has 1 saturated heterocycles. The fraction of sp³-hybridized carbons (Fsp3) is 0. The maximum Gasteiger partial charge on any atom is 0.335 e. The van der Waals surface area contributed by atoms with Crippen molar-refractivity contribution in [2.75, 3.05) is 4.90 Å². The largest absolute Gasteiger partial charge is 0.457 e. The van der Waals surface area contributed by atoms with Gasteiger partial charge >= 0.3 is 6.03 Å². The number of non-ortho nitro benzene ring substituents is 1. The van der Waals surface area contributed by atoms with Crippen LogP contribution in [0.3, 0.4) is 0 Å². The number of benzene rings is 2. The molecule has 0 aliphatic carbocycles. The van der Waals surface area contributed by atoms with Crippen LogP contribution >= 0.6 is 11.6 Å². The van der Waals surface area contributed by atoms with Gasteiger partial charge in [0.05, 0.1) is 15.6 Å². The van der Waals surface area contributed by atoms with Crippen LogP contribution in [0.25, 0.3) is 17.4 Å². The first-order valence-corrected chi connectivity index (χ1v) is 9.33. The third-order valence-electron chi connectivity index (χ3n) is 4.51. The third kappa shape index (κ3) is 3.86. The molecule has 0 unspecified atom stereocenters. The van der Waals surface area contributed by atoms with E-state index in [1.54, 1.807) is 0 Å². The molecule has 0 radical (unpaired) electrons. The van der Waals surface area contributed by atoms with Gasteiger partial charge in [0, 0.05) is 17.7 Å². The van der Waals surface area contributed by atoms with E-state index in [1.165, 1.54) is 36.4 Å². The number of nitro groups is 1. The molecular weight excluding hydrogens is 445 g/mol. The van der Waals surface area contributed by atoms with Crippen molar-refractivity contribution in [3.8, 4) is 11.3 Å². The van der Waals surface area contributed by atoms with Crippen molar-refractivity contribution >= 4 is 46.9 Å². The second-order valence-corrected chi connectivity index (χ2v) is 6.97. The van der Waals surface area contributed by atoms with E-state index in [0.717, 1.165) is 24.3 Å². The van der Waals surface area contributed by atoms with Crippen LogP contribution in [0, 0.1) is 15.9 Å². The standard InChI is InChI=1S/C21H11ClFN3O6/c22-17-9-13(26(30)31)4-6-15(17)18-7-5-14(32-18)10-16-19(27)24-21(29)25(20(16)28)12-3-1-2-11(23)8-12/h1-10H,(H,24,27,29)/b16-10+. The van der Waals surface area contributed by atoms with Crippen molar-refractivity contribution in [2.45, 2.75) is 0 Å². The lowest BCUT2D eigenvalue weighted by Gasteiger charge is -2.26. The molecule has 1 aliphatic heterocycles. The maximum absolute atomic E-state index is 13.5. The van der Waals surface area contributed by atoms with Crippen LogP contribution in [-0.2, 0) is 9.59 Å². The molecule has 3 aromatic rings. The van der Waals surface area contributed by atoms with Gasteiger partial charge < -0.3 is 4.42 Å². The number of furan rings is 1. The third-order valence-corrected chi connectivity index (χ3v) is 4.82. The number of hydrogen-bond acceptors (Lipinski definition) is 6. The first kappa shape index (κ1) is 20.9. The highest BCUT2D eigenvalue weighted by Crippen LogP contribution is 2.33. The fourth-order valence-electron chi connectivity index (χ4n) is 3.04. The molecule has 2 aromatic carbocycles. The Morgan fingerprint density at radius 1 is 1.09 bits per heavy atom. The predicted octanol–water partition coefficient (Wildman–Crippen LogP) is 4.31. The van der Waals surface area contributed by atoms with Gasteiger partial charge in [-0.25, -0.2) is 14.1 Å². The summed E-state index contributed by atoms with van der Waals surface area (Å²) in [5.41, 5.74) is -0.301. The average molecular weight is 456 g/mol. The van der Waals surface area contributed by atoms with E-state index in [9.17, 15) is 28.9 Å². The van der Waals surface area contributed by atoms with Crippen LogP contribution in [0.1, 0.15) is 5.76 Å². The minimum atomic E-state index is -1.01. The zero-order valence-electron chi connectivity index (χ0n) is 15.9.